The van der Waals surface area contributed by atoms with Crippen molar-refractivity contribution in [2.45, 2.75) is 102 Å². The quantitative estimate of drug-likeness (QED) is 0.0952. The standard InChI is InChI=1S/C30H41Cl2N3O3/c1-3-4-5-6-7-8-9-10-11-12-13-14-20-30(28(36)37,22-23-15-17-24(38-2)18-16-23)35-21-19-25-26(31)33-29(32)34-27(25)35/h15-19,21H,3-14,20,22H2,1-2H3,(H,36,37). The van der Waals surface area contributed by atoms with Gasteiger partial charge in [0.25, 0.3) is 0 Å². The molecule has 2 heterocycles. The Morgan fingerprint density at radius 3 is 2.03 bits per heavy atom. The highest BCUT2D eigenvalue weighted by atomic mass is 35.5. The molecule has 3 aromatic rings. The third kappa shape index (κ3) is 8.09. The number of aliphatic carboxylic acids is 1. The van der Waals surface area contributed by atoms with Crippen LogP contribution in [0.5, 0.6) is 5.75 Å². The van der Waals surface area contributed by atoms with Crippen LogP contribution in [0.4, 0.5) is 0 Å². The number of aromatic nitrogens is 3. The van der Waals surface area contributed by atoms with Crippen molar-refractivity contribution < 1.29 is 14.6 Å². The number of hydrogen-bond acceptors (Lipinski definition) is 4. The van der Waals surface area contributed by atoms with Gasteiger partial charge in [0.1, 0.15) is 22.1 Å². The number of carboxylic acids is 1. The Balaban J connectivity index is 1.69. The highest BCUT2D eigenvalue weighted by Crippen LogP contribution is 2.35. The van der Waals surface area contributed by atoms with E-state index in [0.717, 1.165) is 30.6 Å². The van der Waals surface area contributed by atoms with Crippen molar-refractivity contribution in [3.8, 4) is 5.75 Å². The van der Waals surface area contributed by atoms with Gasteiger partial charge in [0.2, 0.25) is 5.28 Å². The zero-order valence-electron chi connectivity index (χ0n) is 22.7. The van der Waals surface area contributed by atoms with E-state index >= 15 is 0 Å². The molecule has 2 aromatic heterocycles. The van der Waals surface area contributed by atoms with Gasteiger partial charge < -0.3 is 14.4 Å². The predicted octanol–water partition coefficient (Wildman–Crippen LogP) is 8.86. The minimum Gasteiger partial charge on any atom is -0.497 e. The first kappa shape index (κ1) is 30.2. The van der Waals surface area contributed by atoms with Crippen LogP contribution in [0.1, 0.15) is 96.0 Å². The first-order valence-electron chi connectivity index (χ1n) is 14.0. The molecular weight excluding hydrogens is 521 g/mol. The van der Waals surface area contributed by atoms with Gasteiger partial charge in [-0.1, -0.05) is 108 Å². The molecule has 0 radical (unpaired) electrons. The topological polar surface area (TPSA) is 77.2 Å². The second-order valence-corrected chi connectivity index (χ2v) is 10.9. The number of nitrogens with zero attached hydrogens (tertiary/aromatic N) is 3. The van der Waals surface area contributed by atoms with E-state index in [1.54, 1.807) is 23.9 Å². The summed E-state index contributed by atoms with van der Waals surface area (Å²) in [6, 6.07) is 9.31. The summed E-state index contributed by atoms with van der Waals surface area (Å²) in [5, 5.41) is 11.5. The number of carbonyl (C=O) groups is 1. The van der Waals surface area contributed by atoms with Crippen molar-refractivity contribution in [3.05, 3.63) is 52.5 Å². The van der Waals surface area contributed by atoms with Gasteiger partial charge in [-0.3, -0.25) is 0 Å². The first-order valence-corrected chi connectivity index (χ1v) is 14.7. The van der Waals surface area contributed by atoms with Crippen LogP contribution in [0.2, 0.25) is 10.4 Å². The van der Waals surface area contributed by atoms with Crippen molar-refractivity contribution in [2.24, 2.45) is 0 Å². The van der Waals surface area contributed by atoms with Crippen molar-refractivity contribution in [2.75, 3.05) is 7.11 Å². The molecule has 6 nitrogen and oxygen atoms in total. The van der Waals surface area contributed by atoms with E-state index in [1.807, 2.05) is 24.3 Å². The van der Waals surface area contributed by atoms with Gasteiger partial charge >= 0.3 is 5.97 Å². The van der Waals surface area contributed by atoms with Crippen molar-refractivity contribution >= 4 is 40.2 Å². The minimum atomic E-state index is -1.24. The van der Waals surface area contributed by atoms with Crippen molar-refractivity contribution in [1.29, 1.82) is 0 Å². The van der Waals surface area contributed by atoms with Gasteiger partial charge in [0.05, 0.1) is 12.5 Å². The number of halogens is 2. The largest absolute Gasteiger partial charge is 0.497 e. The van der Waals surface area contributed by atoms with E-state index in [9.17, 15) is 9.90 Å². The van der Waals surface area contributed by atoms with Crippen LogP contribution < -0.4 is 4.74 Å². The Morgan fingerprint density at radius 2 is 1.47 bits per heavy atom. The fourth-order valence-electron chi connectivity index (χ4n) is 5.22. The molecule has 0 aliphatic carbocycles. The van der Waals surface area contributed by atoms with E-state index < -0.39 is 11.5 Å². The highest BCUT2D eigenvalue weighted by Gasteiger charge is 2.41. The summed E-state index contributed by atoms with van der Waals surface area (Å²) >= 11 is 12.4. The lowest BCUT2D eigenvalue weighted by Crippen LogP contribution is -2.44. The fraction of sp³-hybridized carbons (Fsp3) is 0.567. The van der Waals surface area contributed by atoms with E-state index in [0.29, 0.717) is 23.9 Å². The molecule has 0 aliphatic heterocycles. The summed E-state index contributed by atoms with van der Waals surface area (Å²) in [5.74, 6) is -0.173. The third-order valence-corrected chi connectivity index (χ3v) is 7.89. The smallest absolute Gasteiger partial charge is 0.330 e. The Hall–Kier alpha value is -2.31. The van der Waals surface area contributed by atoms with E-state index in [-0.39, 0.29) is 10.4 Å². The molecule has 1 atom stereocenters. The second kappa shape index (κ2) is 15.3. The SMILES string of the molecule is CCCCCCCCCCCCCCC(Cc1ccc(OC)cc1)(C(=O)O)n1ccc2c(Cl)nc(Cl)nc21. The molecule has 8 heteroatoms. The maximum atomic E-state index is 13.0. The first-order chi connectivity index (χ1) is 18.4. The normalized spacial score (nSPS) is 13.1. The molecule has 208 valence electrons. The Morgan fingerprint density at radius 1 is 0.895 bits per heavy atom. The number of unbranched alkanes of at least 4 members (excludes halogenated alkanes) is 11. The van der Waals surface area contributed by atoms with Crippen LogP contribution in [0.3, 0.4) is 0 Å². The molecule has 1 N–H and O–H groups in total. The summed E-state index contributed by atoms with van der Waals surface area (Å²) < 4.78 is 7.01. The molecule has 0 spiro atoms. The molecule has 0 amide bonds. The molecule has 0 fully saturated rings. The average molecular weight is 563 g/mol. The number of benzene rings is 1. The molecule has 1 unspecified atom stereocenters. The van der Waals surface area contributed by atoms with Crippen LogP contribution in [-0.4, -0.2) is 32.7 Å². The highest BCUT2D eigenvalue weighted by molar-refractivity contribution is 6.35. The van der Waals surface area contributed by atoms with E-state index in [2.05, 4.69) is 16.9 Å². The molecule has 0 bridgehead atoms. The third-order valence-electron chi connectivity index (χ3n) is 7.43. The molecule has 3 rings (SSSR count). The summed E-state index contributed by atoms with van der Waals surface area (Å²) in [7, 11) is 1.61. The molecule has 0 saturated carbocycles. The van der Waals surface area contributed by atoms with Gasteiger partial charge in [0.15, 0.2) is 0 Å². The Bertz CT molecular complexity index is 1150. The minimum absolute atomic E-state index is 0.00319. The molecule has 1 aromatic carbocycles. The number of methoxy groups -OCH3 is 1. The van der Waals surface area contributed by atoms with E-state index in [4.69, 9.17) is 27.9 Å². The van der Waals surface area contributed by atoms with Gasteiger partial charge in [-0.25, -0.2) is 9.78 Å². The zero-order chi connectivity index (χ0) is 27.4. The van der Waals surface area contributed by atoms with Crippen LogP contribution in [0.25, 0.3) is 11.0 Å². The Labute approximate surface area is 236 Å². The number of rotatable bonds is 18. The molecular formula is C30H41Cl2N3O3. The number of fused-ring (bicyclic) bond motifs is 1. The lowest BCUT2D eigenvalue weighted by molar-refractivity contribution is -0.148. The predicted molar refractivity (Wildman–Crippen MR) is 156 cm³/mol. The van der Waals surface area contributed by atoms with Crippen LogP contribution in [0, 0.1) is 0 Å². The fourth-order valence-corrected chi connectivity index (χ4v) is 5.65. The van der Waals surface area contributed by atoms with Crippen LogP contribution in [0.15, 0.2) is 36.5 Å². The van der Waals surface area contributed by atoms with Gasteiger partial charge in [-0.2, -0.15) is 4.98 Å². The summed E-state index contributed by atoms with van der Waals surface area (Å²) in [5.41, 5.74) is 0.0978. The number of hydrogen-bond donors (Lipinski definition) is 1. The summed E-state index contributed by atoms with van der Waals surface area (Å²) in [6.07, 6.45) is 17.2. The maximum Gasteiger partial charge on any atom is 0.330 e. The summed E-state index contributed by atoms with van der Waals surface area (Å²) in [4.78, 5) is 21.4. The molecule has 0 saturated heterocycles. The van der Waals surface area contributed by atoms with Crippen LogP contribution in [-0.2, 0) is 16.8 Å². The van der Waals surface area contributed by atoms with Crippen molar-refractivity contribution in [3.63, 3.8) is 0 Å². The van der Waals surface area contributed by atoms with Crippen molar-refractivity contribution in [1.82, 2.24) is 14.5 Å². The summed E-state index contributed by atoms with van der Waals surface area (Å²) in [6.45, 7) is 2.25. The lowest BCUT2D eigenvalue weighted by Gasteiger charge is -2.32. The van der Waals surface area contributed by atoms with Gasteiger partial charge in [0, 0.05) is 12.6 Å². The Kier molecular flexibility index (Phi) is 12.2. The monoisotopic (exact) mass is 561 g/mol. The zero-order valence-corrected chi connectivity index (χ0v) is 24.2. The van der Waals surface area contributed by atoms with Gasteiger partial charge in [-0.15, -0.1) is 0 Å². The van der Waals surface area contributed by atoms with Gasteiger partial charge in [-0.05, 0) is 41.8 Å². The van der Waals surface area contributed by atoms with E-state index in [1.165, 1.54) is 57.8 Å². The molecule has 38 heavy (non-hydrogen) atoms. The number of carboxylic acid groups (broad SMARTS) is 1. The lowest BCUT2D eigenvalue weighted by atomic mass is 9.85. The number of ether oxygens (including phenoxy) is 1. The average Bonchev–Trinajstić information content (AvgIpc) is 3.33. The molecule has 0 aliphatic rings. The van der Waals surface area contributed by atoms with Crippen LogP contribution >= 0.6 is 23.2 Å². The second-order valence-electron chi connectivity index (χ2n) is 10.2. The maximum absolute atomic E-state index is 13.0.